The molecular weight excluding hydrogens is 284 g/mol. The molecule has 0 aliphatic rings. The number of amides is 2. The molecule has 22 heavy (non-hydrogen) atoms. The zero-order chi connectivity index (χ0) is 16.2. The van der Waals surface area contributed by atoms with Crippen LogP contribution in [0.2, 0.25) is 0 Å². The van der Waals surface area contributed by atoms with Crippen LogP contribution in [0.15, 0.2) is 60.7 Å². The molecule has 2 amide bonds. The number of urea groups is 1. The fraction of sp³-hybridized carbons (Fsp3) is 0.0625. The Labute approximate surface area is 126 Å². The average molecular weight is 298 g/mol. The SMILES string of the molecule is NC(=O)NC(C(=O)O)(C(=O)c1ccccc1)c1ccccc1. The number of nitrogens with two attached hydrogens (primary N) is 1. The van der Waals surface area contributed by atoms with Gasteiger partial charge in [-0.1, -0.05) is 60.7 Å². The Bertz CT molecular complexity index is 701. The molecule has 0 fully saturated rings. The molecule has 0 bridgehead atoms. The quantitative estimate of drug-likeness (QED) is 0.574. The van der Waals surface area contributed by atoms with Crippen molar-refractivity contribution in [2.75, 3.05) is 0 Å². The minimum absolute atomic E-state index is 0.121. The number of carboxylic acid groups (broad SMARTS) is 1. The summed E-state index contributed by atoms with van der Waals surface area (Å²) in [5.74, 6) is -2.28. The van der Waals surface area contributed by atoms with Crippen LogP contribution in [0.5, 0.6) is 0 Å². The smallest absolute Gasteiger partial charge is 0.342 e. The van der Waals surface area contributed by atoms with Crippen molar-refractivity contribution < 1.29 is 19.5 Å². The topological polar surface area (TPSA) is 109 Å². The van der Waals surface area contributed by atoms with Gasteiger partial charge < -0.3 is 16.2 Å². The van der Waals surface area contributed by atoms with Crippen LogP contribution in [-0.4, -0.2) is 22.9 Å². The van der Waals surface area contributed by atoms with E-state index < -0.39 is 23.3 Å². The van der Waals surface area contributed by atoms with Crippen molar-refractivity contribution in [2.24, 2.45) is 5.73 Å². The molecule has 0 heterocycles. The number of carbonyl (C=O) groups is 3. The molecular formula is C16H14N2O4. The summed E-state index contributed by atoms with van der Waals surface area (Å²) < 4.78 is 0. The Morgan fingerprint density at radius 2 is 1.41 bits per heavy atom. The highest BCUT2D eigenvalue weighted by atomic mass is 16.4. The number of carboxylic acids is 1. The Morgan fingerprint density at radius 1 is 0.909 bits per heavy atom. The Hall–Kier alpha value is -3.15. The summed E-state index contributed by atoms with van der Waals surface area (Å²) in [6, 6.07) is 14.5. The van der Waals surface area contributed by atoms with Crippen LogP contribution >= 0.6 is 0 Å². The monoisotopic (exact) mass is 298 g/mol. The third-order valence-electron chi connectivity index (χ3n) is 3.21. The molecule has 0 spiro atoms. The molecule has 2 aromatic rings. The lowest BCUT2D eigenvalue weighted by Crippen LogP contribution is -2.58. The minimum Gasteiger partial charge on any atom is -0.479 e. The first-order valence-electron chi connectivity index (χ1n) is 6.45. The molecule has 1 unspecified atom stereocenters. The number of hydrogen-bond acceptors (Lipinski definition) is 3. The van der Waals surface area contributed by atoms with Crippen molar-refractivity contribution in [3.05, 3.63) is 71.8 Å². The lowest BCUT2D eigenvalue weighted by Gasteiger charge is -2.28. The number of hydrogen-bond donors (Lipinski definition) is 3. The average Bonchev–Trinajstić information content (AvgIpc) is 2.53. The number of primary amides is 1. The van der Waals surface area contributed by atoms with Crippen LogP contribution in [0.1, 0.15) is 15.9 Å². The van der Waals surface area contributed by atoms with E-state index in [1.54, 1.807) is 36.4 Å². The summed E-state index contributed by atoms with van der Waals surface area (Å²) in [6.07, 6.45) is 0. The van der Waals surface area contributed by atoms with Gasteiger partial charge in [-0.2, -0.15) is 0 Å². The molecule has 112 valence electrons. The summed E-state index contributed by atoms with van der Waals surface area (Å²) in [5.41, 5.74) is 3.11. The fourth-order valence-corrected chi connectivity index (χ4v) is 2.21. The van der Waals surface area contributed by atoms with E-state index in [-0.39, 0.29) is 11.1 Å². The first-order chi connectivity index (χ1) is 10.5. The third-order valence-corrected chi connectivity index (χ3v) is 3.21. The Kier molecular flexibility index (Phi) is 4.22. The highest BCUT2D eigenvalue weighted by Gasteiger charge is 2.49. The minimum atomic E-state index is -2.27. The third kappa shape index (κ3) is 2.67. The number of nitrogens with one attached hydrogen (secondary N) is 1. The molecule has 2 aromatic carbocycles. The van der Waals surface area contributed by atoms with Crippen molar-refractivity contribution in [1.29, 1.82) is 0 Å². The van der Waals surface area contributed by atoms with Gasteiger partial charge >= 0.3 is 12.0 Å². The van der Waals surface area contributed by atoms with Gasteiger partial charge in [-0.25, -0.2) is 9.59 Å². The largest absolute Gasteiger partial charge is 0.479 e. The van der Waals surface area contributed by atoms with Gasteiger partial charge in [0.05, 0.1) is 0 Å². The second kappa shape index (κ2) is 6.09. The molecule has 1 atom stereocenters. The predicted molar refractivity (Wildman–Crippen MR) is 79.2 cm³/mol. The van der Waals surface area contributed by atoms with Crippen LogP contribution in [0.3, 0.4) is 0 Å². The summed E-state index contributed by atoms with van der Waals surface area (Å²) >= 11 is 0. The molecule has 0 radical (unpaired) electrons. The van der Waals surface area contributed by atoms with Crippen molar-refractivity contribution in [3.63, 3.8) is 0 Å². The number of carbonyl (C=O) groups excluding carboxylic acids is 2. The van der Waals surface area contributed by atoms with E-state index in [2.05, 4.69) is 5.32 Å². The van der Waals surface area contributed by atoms with E-state index in [0.29, 0.717) is 0 Å². The maximum Gasteiger partial charge on any atom is 0.342 e. The van der Waals surface area contributed by atoms with Crippen molar-refractivity contribution in [2.45, 2.75) is 5.54 Å². The van der Waals surface area contributed by atoms with Gasteiger partial charge in [0.25, 0.3) is 0 Å². The predicted octanol–water partition coefficient (Wildman–Crippen LogP) is 1.52. The zero-order valence-corrected chi connectivity index (χ0v) is 11.5. The highest BCUT2D eigenvalue weighted by Crippen LogP contribution is 2.26. The van der Waals surface area contributed by atoms with E-state index in [9.17, 15) is 19.5 Å². The van der Waals surface area contributed by atoms with Gasteiger partial charge in [-0.3, -0.25) is 4.79 Å². The molecule has 4 N–H and O–H groups in total. The first kappa shape index (κ1) is 15.2. The summed E-state index contributed by atoms with van der Waals surface area (Å²) in [6.45, 7) is 0. The van der Waals surface area contributed by atoms with E-state index >= 15 is 0 Å². The summed E-state index contributed by atoms with van der Waals surface area (Å²) in [4.78, 5) is 36.0. The zero-order valence-electron chi connectivity index (χ0n) is 11.5. The van der Waals surface area contributed by atoms with Crippen molar-refractivity contribution in [1.82, 2.24) is 5.32 Å². The Balaban J connectivity index is 2.66. The van der Waals surface area contributed by atoms with Crippen LogP contribution in [0.4, 0.5) is 4.79 Å². The summed E-state index contributed by atoms with van der Waals surface area (Å²) in [7, 11) is 0. The normalized spacial score (nSPS) is 12.9. The number of ketones is 1. The van der Waals surface area contributed by atoms with Gasteiger partial charge in [0.1, 0.15) is 0 Å². The van der Waals surface area contributed by atoms with Crippen molar-refractivity contribution >= 4 is 17.8 Å². The molecule has 6 nitrogen and oxygen atoms in total. The summed E-state index contributed by atoms with van der Waals surface area (Å²) in [5, 5.41) is 11.8. The molecule has 0 saturated heterocycles. The van der Waals surface area contributed by atoms with Crippen LogP contribution in [0, 0.1) is 0 Å². The van der Waals surface area contributed by atoms with Crippen LogP contribution < -0.4 is 11.1 Å². The van der Waals surface area contributed by atoms with Gasteiger partial charge in [-0.05, 0) is 5.56 Å². The number of rotatable bonds is 5. The molecule has 2 rings (SSSR count). The number of aliphatic carboxylic acids is 1. The van der Waals surface area contributed by atoms with Crippen LogP contribution in [0.25, 0.3) is 0 Å². The lowest BCUT2D eigenvalue weighted by molar-refractivity contribution is -0.142. The van der Waals surface area contributed by atoms with Gasteiger partial charge in [-0.15, -0.1) is 0 Å². The highest BCUT2D eigenvalue weighted by molar-refractivity contribution is 6.17. The van der Waals surface area contributed by atoms with Gasteiger partial charge in [0, 0.05) is 5.56 Å². The first-order valence-corrected chi connectivity index (χ1v) is 6.45. The maximum absolute atomic E-state index is 12.8. The number of benzene rings is 2. The van der Waals surface area contributed by atoms with Crippen LogP contribution in [-0.2, 0) is 10.3 Å². The number of Topliss-reactive ketones (excluding diaryl/α,β-unsaturated/α-hetero) is 1. The van der Waals surface area contributed by atoms with E-state index in [0.717, 1.165) is 0 Å². The Morgan fingerprint density at radius 3 is 1.86 bits per heavy atom. The van der Waals surface area contributed by atoms with E-state index in [4.69, 9.17) is 5.73 Å². The fourth-order valence-electron chi connectivity index (χ4n) is 2.21. The van der Waals surface area contributed by atoms with E-state index in [1.165, 1.54) is 24.3 Å². The molecule has 6 heteroatoms. The molecule has 0 aromatic heterocycles. The standard InChI is InChI=1S/C16H14N2O4/c17-15(22)18-16(14(20)21,12-9-5-2-6-10-12)13(19)11-7-3-1-4-8-11/h1-10H,(H,20,21)(H3,17,18,22). The maximum atomic E-state index is 12.8. The van der Waals surface area contributed by atoms with Crippen molar-refractivity contribution in [3.8, 4) is 0 Å². The molecule has 0 saturated carbocycles. The van der Waals surface area contributed by atoms with Gasteiger partial charge in [0.2, 0.25) is 11.3 Å². The van der Waals surface area contributed by atoms with Gasteiger partial charge in [0.15, 0.2) is 0 Å². The molecule has 0 aliphatic carbocycles. The molecule has 0 aliphatic heterocycles. The lowest BCUT2D eigenvalue weighted by atomic mass is 9.82. The van der Waals surface area contributed by atoms with E-state index in [1.807, 2.05) is 0 Å². The second-order valence-corrected chi connectivity index (χ2v) is 4.61. The second-order valence-electron chi connectivity index (χ2n) is 4.61.